The molecule has 224 valence electrons. The third kappa shape index (κ3) is 12.2. The second-order valence-electron chi connectivity index (χ2n) is 11.5. The molecule has 0 heterocycles. The average molecular weight is 561 g/mol. The summed E-state index contributed by atoms with van der Waals surface area (Å²) < 4.78 is 17.8. The van der Waals surface area contributed by atoms with E-state index in [1.54, 1.807) is 0 Å². The maximum Gasteiger partial charge on any atom is 0.338 e. The highest BCUT2D eigenvalue weighted by molar-refractivity contribution is 5.90. The Kier molecular flexibility index (Phi) is 15.2. The summed E-state index contributed by atoms with van der Waals surface area (Å²) in [4.78, 5) is 12.5. The van der Waals surface area contributed by atoms with E-state index >= 15 is 0 Å². The zero-order chi connectivity index (χ0) is 29.1. The number of hydrogen-bond donors (Lipinski definition) is 0. The fraction of sp³-hybridized carbons (Fsp3) is 0.541. The SMILES string of the molecule is CCCCCCCCCCOc1ccc2c(OCc3ccc(C(=O)OC[C@H](C)CCCCCC)cc3)cccc2c1. The van der Waals surface area contributed by atoms with E-state index in [1.807, 2.05) is 42.5 Å². The third-order valence-electron chi connectivity index (χ3n) is 7.71. The first-order valence-electron chi connectivity index (χ1n) is 16.1. The standard InChI is InChI=1S/C37H52O4/c1-4-6-8-10-11-12-13-15-26-39-34-24-25-35-33(27-34)18-16-19-36(35)40-29-31-20-22-32(23-21-31)37(38)41-28-30(3)17-14-9-7-5-2/h16,18-25,27,30H,4-15,17,26,28-29H2,1-3H3/t30-/m1/s1. The Morgan fingerprint density at radius 1 is 0.732 bits per heavy atom. The molecule has 0 aliphatic heterocycles. The first-order valence-corrected chi connectivity index (χ1v) is 16.1. The van der Waals surface area contributed by atoms with Crippen molar-refractivity contribution in [3.63, 3.8) is 0 Å². The van der Waals surface area contributed by atoms with Gasteiger partial charge in [-0.15, -0.1) is 0 Å². The number of esters is 1. The van der Waals surface area contributed by atoms with E-state index in [0.29, 0.717) is 24.7 Å². The van der Waals surface area contributed by atoms with E-state index in [-0.39, 0.29) is 5.97 Å². The van der Waals surface area contributed by atoms with Gasteiger partial charge in [0.1, 0.15) is 18.1 Å². The van der Waals surface area contributed by atoms with Crippen LogP contribution in [0.5, 0.6) is 11.5 Å². The number of benzene rings is 3. The van der Waals surface area contributed by atoms with Crippen molar-refractivity contribution in [2.24, 2.45) is 5.92 Å². The molecule has 0 aliphatic carbocycles. The molecule has 0 aliphatic rings. The van der Waals surface area contributed by atoms with Crippen LogP contribution in [0, 0.1) is 5.92 Å². The van der Waals surface area contributed by atoms with Crippen molar-refractivity contribution >= 4 is 16.7 Å². The first kappa shape index (κ1) is 32.5. The Morgan fingerprint density at radius 3 is 2.15 bits per heavy atom. The molecule has 1 atom stereocenters. The smallest absolute Gasteiger partial charge is 0.338 e. The minimum Gasteiger partial charge on any atom is -0.494 e. The Hall–Kier alpha value is -3.01. The zero-order valence-corrected chi connectivity index (χ0v) is 25.8. The molecular formula is C37H52O4. The van der Waals surface area contributed by atoms with E-state index in [4.69, 9.17) is 14.2 Å². The van der Waals surface area contributed by atoms with Crippen molar-refractivity contribution in [2.45, 2.75) is 111 Å². The molecule has 0 spiro atoms. The minimum atomic E-state index is -0.257. The van der Waals surface area contributed by atoms with Crippen LogP contribution in [-0.2, 0) is 11.3 Å². The van der Waals surface area contributed by atoms with Crippen LogP contribution in [-0.4, -0.2) is 19.2 Å². The third-order valence-corrected chi connectivity index (χ3v) is 7.71. The normalized spacial score (nSPS) is 11.9. The van der Waals surface area contributed by atoms with Gasteiger partial charge in [-0.2, -0.15) is 0 Å². The van der Waals surface area contributed by atoms with Gasteiger partial charge >= 0.3 is 5.97 Å². The molecule has 41 heavy (non-hydrogen) atoms. The van der Waals surface area contributed by atoms with E-state index in [0.717, 1.165) is 47.3 Å². The van der Waals surface area contributed by atoms with Gasteiger partial charge in [0, 0.05) is 5.39 Å². The largest absolute Gasteiger partial charge is 0.494 e. The molecule has 0 aromatic heterocycles. The van der Waals surface area contributed by atoms with Gasteiger partial charge in [0.15, 0.2) is 0 Å². The second kappa shape index (κ2) is 19.2. The number of ether oxygens (including phenoxy) is 3. The van der Waals surface area contributed by atoms with E-state index in [2.05, 4.69) is 39.0 Å². The summed E-state index contributed by atoms with van der Waals surface area (Å²) >= 11 is 0. The van der Waals surface area contributed by atoms with Crippen LogP contribution >= 0.6 is 0 Å². The Labute approximate surface area is 248 Å². The molecule has 3 rings (SSSR count). The van der Waals surface area contributed by atoms with Crippen LogP contribution in [0.4, 0.5) is 0 Å². The summed E-state index contributed by atoms with van der Waals surface area (Å²) in [6.07, 6.45) is 16.5. The summed E-state index contributed by atoms with van der Waals surface area (Å²) in [5.74, 6) is 1.88. The van der Waals surface area contributed by atoms with Crippen molar-refractivity contribution in [2.75, 3.05) is 13.2 Å². The van der Waals surface area contributed by atoms with Gasteiger partial charge in [0.2, 0.25) is 0 Å². The fourth-order valence-electron chi connectivity index (χ4n) is 5.08. The molecule has 4 heteroatoms. The molecule has 0 saturated carbocycles. The lowest BCUT2D eigenvalue weighted by Crippen LogP contribution is -2.12. The summed E-state index contributed by atoms with van der Waals surface area (Å²) in [5, 5.41) is 2.17. The molecule has 0 saturated heterocycles. The molecular weight excluding hydrogens is 508 g/mol. The van der Waals surface area contributed by atoms with Crippen molar-refractivity contribution in [1.82, 2.24) is 0 Å². The average Bonchev–Trinajstić information content (AvgIpc) is 3.00. The van der Waals surface area contributed by atoms with Gasteiger partial charge in [-0.1, -0.05) is 116 Å². The van der Waals surface area contributed by atoms with Gasteiger partial charge in [-0.05, 0) is 66.1 Å². The highest BCUT2D eigenvalue weighted by Gasteiger charge is 2.11. The lowest BCUT2D eigenvalue weighted by molar-refractivity contribution is 0.0442. The highest BCUT2D eigenvalue weighted by atomic mass is 16.5. The van der Waals surface area contributed by atoms with Crippen LogP contribution in [0.2, 0.25) is 0 Å². The number of fused-ring (bicyclic) bond motifs is 1. The first-order chi connectivity index (χ1) is 20.1. The lowest BCUT2D eigenvalue weighted by atomic mass is 10.0. The van der Waals surface area contributed by atoms with Crippen LogP contribution in [0.25, 0.3) is 10.8 Å². The highest BCUT2D eigenvalue weighted by Crippen LogP contribution is 2.29. The number of unbranched alkanes of at least 4 members (excludes halogenated alkanes) is 10. The Morgan fingerprint density at radius 2 is 1.41 bits per heavy atom. The number of carbonyl (C=O) groups excluding carboxylic acids is 1. The molecule has 0 unspecified atom stereocenters. The molecule has 0 fully saturated rings. The van der Waals surface area contributed by atoms with Crippen molar-refractivity contribution < 1.29 is 19.0 Å². The molecule has 4 nitrogen and oxygen atoms in total. The quantitative estimate of drug-likeness (QED) is 0.0960. The van der Waals surface area contributed by atoms with E-state index < -0.39 is 0 Å². The Bertz CT molecular complexity index is 1140. The summed E-state index contributed by atoms with van der Waals surface area (Å²) in [5.41, 5.74) is 1.59. The second-order valence-corrected chi connectivity index (χ2v) is 11.5. The molecule has 0 N–H and O–H groups in total. The van der Waals surface area contributed by atoms with Crippen molar-refractivity contribution in [3.8, 4) is 11.5 Å². The van der Waals surface area contributed by atoms with Crippen LogP contribution in [0.1, 0.15) is 120 Å². The predicted molar refractivity (Wildman–Crippen MR) is 171 cm³/mol. The minimum absolute atomic E-state index is 0.257. The maximum absolute atomic E-state index is 12.5. The Balaban J connectivity index is 1.41. The van der Waals surface area contributed by atoms with Crippen LogP contribution in [0.15, 0.2) is 60.7 Å². The maximum atomic E-state index is 12.5. The van der Waals surface area contributed by atoms with Gasteiger partial charge in [0.05, 0.1) is 18.8 Å². The summed E-state index contributed by atoms with van der Waals surface area (Å²) in [7, 11) is 0. The molecule has 0 amide bonds. The monoisotopic (exact) mass is 560 g/mol. The van der Waals surface area contributed by atoms with Gasteiger partial charge < -0.3 is 14.2 Å². The van der Waals surface area contributed by atoms with Crippen LogP contribution < -0.4 is 9.47 Å². The number of rotatable bonds is 21. The van der Waals surface area contributed by atoms with Gasteiger partial charge in [-0.3, -0.25) is 0 Å². The zero-order valence-electron chi connectivity index (χ0n) is 25.8. The molecule has 3 aromatic rings. The summed E-state index contributed by atoms with van der Waals surface area (Å²) in [6.45, 7) is 8.30. The molecule has 0 radical (unpaired) electrons. The fourth-order valence-corrected chi connectivity index (χ4v) is 5.08. The lowest BCUT2D eigenvalue weighted by Gasteiger charge is -2.13. The van der Waals surface area contributed by atoms with Crippen molar-refractivity contribution in [3.05, 3.63) is 71.8 Å². The van der Waals surface area contributed by atoms with E-state index in [1.165, 1.54) is 70.6 Å². The predicted octanol–water partition coefficient (Wildman–Crippen LogP) is 10.7. The molecule has 3 aromatic carbocycles. The molecule has 0 bridgehead atoms. The van der Waals surface area contributed by atoms with Gasteiger partial charge in [-0.25, -0.2) is 4.79 Å². The van der Waals surface area contributed by atoms with Crippen molar-refractivity contribution in [1.29, 1.82) is 0 Å². The number of hydrogen-bond acceptors (Lipinski definition) is 4. The number of carbonyl (C=O) groups is 1. The van der Waals surface area contributed by atoms with Crippen LogP contribution in [0.3, 0.4) is 0 Å². The topological polar surface area (TPSA) is 44.8 Å². The summed E-state index contributed by atoms with van der Waals surface area (Å²) in [6, 6.07) is 19.8. The van der Waals surface area contributed by atoms with Gasteiger partial charge in [0.25, 0.3) is 0 Å². The van der Waals surface area contributed by atoms with E-state index in [9.17, 15) is 4.79 Å².